The molecule has 0 heterocycles. The second-order valence-corrected chi connectivity index (χ2v) is 4.99. The molecule has 2 atom stereocenters. The Bertz CT molecular complexity index is 390. The van der Waals surface area contributed by atoms with Gasteiger partial charge in [0, 0.05) is 0 Å². The summed E-state index contributed by atoms with van der Waals surface area (Å²) >= 11 is 0. The molecule has 3 heteroatoms. The highest BCUT2D eigenvalue weighted by atomic mass is 19.1. The van der Waals surface area contributed by atoms with Gasteiger partial charge in [0.1, 0.15) is 5.82 Å². The van der Waals surface area contributed by atoms with Gasteiger partial charge in [0.15, 0.2) is 0 Å². The van der Waals surface area contributed by atoms with E-state index in [0.717, 1.165) is 17.5 Å². The second kappa shape index (κ2) is 6.86. The van der Waals surface area contributed by atoms with Crippen LogP contribution in [-0.2, 0) is 6.42 Å². The van der Waals surface area contributed by atoms with Crippen molar-refractivity contribution < 1.29 is 14.6 Å². The standard InChI is InChI=1S/C15H23FO2/c1-4-5-14(17)15(18)7-6-12-8-10(2)11(3)9-13(12)16/h8-9,14-15,17-18H,4-7H2,1-3H3. The Kier molecular flexibility index (Phi) is 5.76. The predicted molar refractivity (Wildman–Crippen MR) is 71.1 cm³/mol. The highest BCUT2D eigenvalue weighted by molar-refractivity contribution is 5.31. The van der Waals surface area contributed by atoms with Gasteiger partial charge < -0.3 is 10.2 Å². The van der Waals surface area contributed by atoms with Crippen LogP contribution in [0.4, 0.5) is 4.39 Å². The fourth-order valence-electron chi connectivity index (χ4n) is 2.02. The minimum Gasteiger partial charge on any atom is -0.390 e. The van der Waals surface area contributed by atoms with Gasteiger partial charge >= 0.3 is 0 Å². The van der Waals surface area contributed by atoms with Crippen LogP contribution in [0.1, 0.15) is 42.9 Å². The molecule has 0 saturated heterocycles. The van der Waals surface area contributed by atoms with E-state index in [-0.39, 0.29) is 5.82 Å². The summed E-state index contributed by atoms with van der Waals surface area (Å²) in [5.41, 5.74) is 2.60. The highest BCUT2D eigenvalue weighted by Crippen LogP contribution is 2.18. The zero-order valence-electron chi connectivity index (χ0n) is 11.4. The molecule has 1 aromatic rings. The van der Waals surface area contributed by atoms with E-state index < -0.39 is 12.2 Å². The summed E-state index contributed by atoms with van der Waals surface area (Å²) in [6.45, 7) is 5.78. The summed E-state index contributed by atoms with van der Waals surface area (Å²) in [5, 5.41) is 19.4. The van der Waals surface area contributed by atoms with Crippen molar-refractivity contribution in [1.82, 2.24) is 0 Å². The zero-order valence-corrected chi connectivity index (χ0v) is 11.4. The maximum Gasteiger partial charge on any atom is 0.126 e. The summed E-state index contributed by atoms with van der Waals surface area (Å²) in [6, 6.07) is 3.35. The lowest BCUT2D eigenvalue weighted by molar-refractivity contribution is 0.00970. The maximum absolute atomic E-state index is 13.7. The second-order valence-electron chi connectivity index (χ2n) is 4.99. The number of hydrogen-bond acceptors (Lipinski definition) is 2. The van der Waals surface area contributed by atoms with E-state index in [0.29, 0.717) is 24.8 Å². The number of aryl methyl sites for hydroxylation is 3. The largest absolute Gasteiger partial charge is 0.390 e. The summed E-state index contributed by atoms with van der Waals surface area (Å²) < 4.78 is 13.7. The summed E-state index contributed by atoms with van der Waals surface area (Å²) in [4.78, 5) is 0. The summed E-state index contributed by atoms with van der Waals surface area (Å²) in [7, 11) is 0. The summed E-state index contributed by atoms with van der Waals surface area (Å²) in [6.07, 6.45) is 0.776. The third kappa shape index (κ3) is 4.07. The van der Waals surface area contributed by atoms with Gasteiger partial charge in [0.25, 0.3) is 0 Å². The average Bonchev–Trinajstić information content (AvgIpc) is 2.32. The Labute approximate surface area is 108 Å². The van der Waals surface area contributed by atoms with Crippen molar-refractivity contribution in [3.8, 4) is 0 Å². The van der Waals surface area contributed by atoms with Gasteiger partial charge in [-0.3, -0.25) is 0 Å². The first-order chi connectivity index (χ1) is 8.45. The number of rotatable bonds is 6. The van der Waals surface area contributed by atoms with Crippen LogP contribution in [0.2, 0.25) is 0 Å². The Morgan fingerprint density at radius 1 is 1.06 bits per heavy atom. The fraction of sp³-hybridized carbons (Fsp3) is 0.600. The quantitative estimate of drug-likeness (QED) is 0.819. The van der Waals surface area contributed by atoms with E-state index in [1.807, 2.05) is 26.8 Å². The van der Waals surface area contributed by atoms with Gasteiger partial charge in [-0.1, -0.05) is 19.4 Å². The molecule has 1 rings (SSSR count). The van der Waals surface area contributed by atoms with E-state index in [9.17, 15) is 14.6 Å². The molecule has 2 N–H and O–H groups in total. The first-order valence-corrected chi connectivity index (χ1v) is 6.57. The smallest absolute Gasteiger partial charge is 0.126 e. The third-order valence-corrected chi connectivity index (χ3v) is 3.40. The monoisotopic (exact) mass is 254 g/mol. The first kappa shape index (κ1) is 15.1. The molecule has 0 saturated carbocycles. The molecule has 102 valence electrons. The van der Waals surface area contributed by atoms with Gasteiger partial charge in [-0.05, 0) is 55.9 Å². The van der Waals surface area contributed by atoms with Crippen LogP contribution in [0.25, 0.3) is 0 Å². The third-order valence-electron chi connectivity index (χ3n) is 3.40. The van der Waals surface area contributed by atoms with Crippen molar-refractivity contribution in [3.63, 3.8) is 0 Å². The van der Waals surface area contributed by atoms with Crippen LogP contribution < -0.4 is 0 Å². The number of halogens is 1. The van der Waals surface area contributed by atoms with Gasteiger partial charge in [0.2, 0.25) is 0 Å². The van der Waals surface area contributed by atoms with Crippen LogP contribution in [0.3, 0.4) is 0 Å². The van der Waals surface area contributed by atoms with Gasteiger partial charge in [-0.2, -0.15) is 0 Å². The Morgan fingerprint density at radius 3 is 2.22 bits per heavy atom. The van der Waals surface area contributed by atoms with Crippen molar-refractivity contribution >= 4 is 0 Å². The molecule has 0 aliphatic heterocycles. The lowest BCUT2D eigenvalue weighted by atomic mass is 9.98. The molecular formula is C15H23FO2. The molecule has 0 aliphatic carbocycles. The Hall–Kier alpha value is -0.930. The number of aliphatic hydroxyl groups is 2. The van der Waals surface area contributed by atoms with Crippen molar-refractivity contribution in [2.75, 3.05) is 0 Å². The van der Waals surface area contributed by atoms with E-state index in [1.54, 1.807) is 0 Å². The lowest BCUT2D eigenvalue weighted by Crippen LogP contribution is -2.26. The number of aliphatic hydroxyl groups excluding tert-OH is 2. The van der Waals surface area contributed by atoms with E-state index >= 15 is 0 Å². The van der Waals surface area contributed by atoms with Gasteiger partial charge in [0.05, 0.1) is 12.2 Å². The Balaban J connectivity index is 2.61. The van der Waals surface area contributed by atoms with Gasteiger partial charge in [-0.15, -0.1) is 0 Å². The van der Waals surface area contributed by atoms with E-state index in [4.69, 9.17) is 0 Å². The number of hydrogen-bond donors (Lipinski definition) is 2. The van der Waals surface area contributed by atoms with E-state index in [1.165, 1.54) is 6.07 Å². The minimum absolute atomic E-state index is 0.227. The SMILES string of the molecule is CCCC(O)C(O)CCc1cc(C)c(C)cc1F. The van der Waals surface area contributed by atoms with Crippen molar-refractivity contribution in [1.29, 1.82) is 0 Å². The maximum atomic E-state index is 13.7. The summed E-state index contributed by atoms with van der Waals surface area (Å²) in [5.74, 6) is -0.227. The molecule has 0 aliphatic rings. The molecule has 18 heavy (non-hydrogen) atoms. The van der Waals surface area contributed by atoms with Crippen molar-refractivity contribution in [2.24, 2.45) is 0 Å². The van der Waals surface area contributed by atoms with Crippen molar-refractivity contribution in [2.45, 2.75) is 58.7 Å². The first-order valence-electron chi connectivity index (χ1n) is 6.57. The predicted octanol–water partition coefficient (Wildman–Crippen LogP) is 2.90. The molecular weight excluding hydrogens is 231 g/mol. The highest BCUT2D eigenvalue weighted by Gasteiger charge is 2.16. The molecule has 0 radical (unpaired) electrons. The fourth-order valence-corrected chi connectivity index (χ4v) is 2.02. The molecule has 2 unspecified atom stereocenters. The van der Waals surface area contributed by atoms with Crippen LogP contribution in [-0.4, -0.2) is 22.4 Å². The molecule has 0 aromatic heterocycles. The molecule has 0 bridgehead atoms. The van der Waals surface area contributed by atoms with Crippen molar-refractivity contribution in [3.05, 3.63) is 34.6 Å². The molecule has 0 fully saturated rings. The number of benzene rings is 1. The topological polar surface area (TPSA) is 40.5 Å². The zero-order chi connectivity index (χ0) is 13.7. The van der Waals surface area contributed by atoms with Crippen LogP contribution in [0.15, 0.2) is 12.1 Å². The van der Waals surface area contributed by atoms with Crippen LogP contribution >= 0.6 is 0 Å². The lowest BCUT2D eigenvalue weighted by Gasteiger charge is -2.17. The average molecular weight is 254 g/mol. The molecule has 1 aromatic carbocycles. The minimum atomic E-state index is -0.772. The molecule has 0 spiro atoms. The molecule has 0 amide bonds. The van der Waals surface area contributed by atoms with Gasteiger partial charge in [-0.25, -0.2) is 4.39 Å². The van der Waals surface area contributed by atoms with E-state index in [2.05, 4.69) is 0 Å². The Morgan fingerprint density at radius 2 is 1.61 bits per heavy atom. The molecule has 2 nitrogen and oxygen atoms in total. The van der Waals surface area contributed by atoms with Crippen LogP contribution in [0, 0.1) is 19.7 Å². The van der Waals surface area contributed by atoms with Crippen LogP contribution in [0.5, 0.6) is 0 Å². The normalized spacial score (nSPS) is 14.6.